The van der Waals surface area contributed by atoms with Gasteiger partial charge in [0.05, 0.1) is 17.7 Å². The Kier molecular flexibility index (Phi) is 6.24. The van der Waals surface area contributed by atoms with Gasteiger partial charge in [-0.25, -0.2) is 9.18 Å². The van der Waals surface area contributed by atoms with Gasteiger partial charge in [-0.15, -0.1) is 11.3 Å². The van der Waals surface area contributed by atoms with Crippen molar-refractivity contribution in [3.05, 3.63) is 58.0 Å². The number of carbonyl (C=O) groups is 2. The van der Waals surface area contributed by atoms with E-state index < -0.39 is 29.4 Å². The van der Waals surface area contributed by atoms with Crippen LogP contribution in [0.15, 0.2) is 41.8 Å². The minimum Gasteiger partial charge on any atom is -0.388 e. The molecule has 156 valence electrons. The number of halogens is 1. The van der Waals surface area contributed by atoms with Gasteiger partial charge in [-0.2, -0.15) is 0 Å². The Morgan fingerprint density at radius 1 is 1.28 bits per heavy atom. The second kappa shape index (κ2) is 8.51. The number of urea groups is 1. The highest BCUT2D eigenvalue weighted by Gasteiger charge is 2.48. The number of hydrogen-bond donors (Lipinski definition) is 3. The van der Waals surface area contributed by atoms with Crippen LogP contribution in [0.4, 0.5) is 9.18 Å². The first-order chi connectivity index (χ1) is 13.7. The first kappa shape index (κ1) is 21.3. The molecule has 8 heteroatoms. The number of rotatable bonds is 4. The van der Waals surface area contributed by atoms with E-state index in [9.17, 15) is 19.1 Å². The smallest absolute Gasteiger partial charge is 0.318 e. The number of amides is 3. The van der Waals surface area contributed by atoms with E-state index in [0.29, 0.717) is 13.0 Å². The molecule has 0 radical (unpaired) electrons. The number of hydrogen-bond acceptors (Lipinski definition) is 4. The number of nitrogens with zero attached hydrogens (tertiary/aromatic N) is 1. The lowest BCUT2D eigenvalue weighted by molar-refractivity contribution is -0.0505. The van der Waals surface area contributed by atoms with E-state index >= 15 is 0 Å². The van der Waals surface area contributed by atoms with Crippen molar-refractivity contribution in [2.75, 3.05) is 6.54 Å². The first-order valence-corrected chi connectivity index (χ1v) is 10.5. The molecule has 0 bridgehead atoms. The summed E-state index contributed by atoms with van der Waals surface area (Å²) in [7, 11) is 0. The Bertz CT molecular complexity index is 853. The zero-order chi connectivity index (χ0) is 21.2. The van der Waals surface area contributed by atoms with E-state index in [0.717, 1.165) is 4.88 Å². The van der Waals surface area contributed by atoms with Gasteiger partial charge in [0.1, 0.15) is 5.82 Å². The fourth-order valence-electron chi connectivity index (χ4n) is 3.56. The van der Waals surface area contributed by atoms with Crippen molar-refractivity contribution < 1.29 is 19.1 Å². The van der Waals surface area contributed by atoms with Crippen LogP contribution in [0.25, 0.3) is 0 Å². The normalized spacial score (nSPS) is 24.4. The van der Waals surface area contributed by atoms with Crippen molar-refractivity contribution in [1.82, 2.24) is 15.5 Å². The van der Waals surface area contributed by atoms with Crippen molar-refractivity contribution in [3.8, 4) is 0 Å². The van der Waals surface area contributed by atoms with Crippen molar-refractivity contribution in [2.24, 2.45) is 0 Å². The molecule has 0 aliphatic carbocycles. The predicted octanol–water partition coefficient (Wildman–Crippen LogP) is 3.30. The predicted molar refractivity (Wildman–Crippen MR) is 110 cm³/mol. The van der Waals surface area contributed by atoms with Crippen LogP contribution in [0.5, 0.6) is 0 Å². The van der Waals surface area contributed by atoms with Gasteiger partial charge in [0, 0.05) is 23.0 Å². The summed E-state index contributed by atoms with van der Waals surface area (Å²) in [5.41, 5.74) is -0.935. The molecule has 6 nitrogen and oxygen atoms in total. The maximum atomic E-state index is 13.2. The average molecular weight is 420 g/mol. The van der Waals surface area contributed by atoms with E-state index in [4.69, 9.17) is 0 Å². The molecule has 3 rings (SSSR count). The molecule has 1 aliphatic heterocycles. The fourth-order valence-corrected chi connectivity index (χ4v) is 4.43. The Balaban J connectivity index is 1.94. The SMILES string of the molecule is CC(C)NC(=O)N1CCC(C)(O)C(NC(=O)c2ccc(F)cc2)C1c1cccs1. The molecule has 3 amide bonds. The highest BCUT2D eigenvalue weighted by atomic mass is 32.1. The molecule has 1 aromatic heterocycles. The summed E-state index contributed by atoms with van der Waals surface area (Å²) in [5, 5.41) is 18.8. The van der Waals surface area contributed by atoms with Crippen LogP contribution in [0, 0.1) is 5.82 Å². The summed E-state index contributed by atoms with van der Waals surface area (Å²) in [5.74, 6) is -0.859. The molecule has 1 saturated heterocycles. The molecule has 1 aliphatic rings. The highest BCUT2D eigenvalue weighted by molar-refractivity contribution is 7.10. The van der Waals surface area contributed by atoms with Crippen LogP contribution in [0.2, 0.25) is 0 Å². The summed E-state index contributed by atoms with van der Waals surface area (Å²) in [6, 6.07) is 7.45. The van der Waals surface area contributed by atoms with E-state index in [-0.39, 0.29) is 17.6 Å². The second-order valence-electron chi connectivity index (χ2n) is 7.82. The summed E-state index contributed by atoms with van der Waals surface area (Å²) < 4.78 is 13.2. The molecule has 3 unspecified atom stereocenters. The molecular weight excluding hydrogens is 393 g/mol. The maximum absolute atomic E-state index is 13.2. The first-order valence-electron chi connectivity index (χ1n) is 9.58. The number of carbonyl (C=O) groups excluding carboxylic acids is 2. The Labute approximate surface area is 173 Å². The summed E-state index contributed by atoms with van der Waals surface area (Å²) >= 11 is 1.47. The standard InChI is InChI=1S/C21H26FN3O3S/c1-13(2)23-20(27)25-11-10-21(3,28)18(17(25)16-5-4-12-29-16)24-19(26)14-6-8-15(22)9-7-14/h4-9,12-13,17-18,28H,10-11H2,1-3H3,(H,23,27)(H,24,26). The van der Waals surface area contributed by atoms with E-state index in [1.165, 1.54) is 35.6 Å². The molecule has 3 N–H and O–H groups in total. The van der Waals surface area contributed by atoms with Crippen LogP contribution in [0.1, 0.15) is 48.5 Å². The Morgan fingerprint density at radius 3 is 2.55 bits per heavy atom. The number of piperidine rings is 1. The van der Waals surface area contributed by atoms with Crippen LogP contribution in [-0.2, 0) is 0 Å². The van der Waals surface area contributed by atoms with E-state index in [1.807, 2.05) is 31.4 Å². The van der Waals surface area contributed by atoms with E-state index in [1.54, 1.807) is 11.8 Å². The third-order valence-corrected chi connectivity index (χ3v) is 6.02. The highest BCUT2D eigenvalue weighted by Crippen LogP contribution is 2.39. The zero-order valence-corrected chi connectivity index (χ0v) is 17.5. The average Bonchev–Trinajstić information content (AvgIpc) is 3.17. The second-order valence-corrected chi connectivity index (χ2v) is 8.80. The molecule has 2 heterocycles. The summed E-state index contributed by atoms with van der Waals surface area (Å²) in [4.78, 5) is 28.2. The van der Waals surface area contributed by atoms with Crippen molar-refractivity contribution in [1.29, 1.82) is 0 Å². The van der Waals surface area contributed by atoms with Gasteiger partial charge in [-0.3, -0.25) is 4.79 Å². The number of benzene rings is 1. The molecular formula is C21H26FN3O3S. The summed E-state index contributed by atoms with van der Waals surface area (Å²) in [6.45, 7) is 5.79. The van der Waals surface area contributed by atoms with Gasteiger partial charge in [-0.1, -0.05) is 6.07 Å². The van der Waals surface area contributed by atoms with Crippen molar-refractivity contribution in [3.63, 3.8) is 0 Å². The van der Waals surface area contributed by atoms with Gasteiger partial charge in [0.25, 0.3) is 5.91 Å². The number of likely N-dealkylation sites (tertiary alicyclic amines) is 1. The van der Waals surface area contributed by atoms with Crippen LogP contribution >= 0.6 is 11.3 Å². The van der Waals surface area contributed by atoms with Crippen LogP contribution < -0.4 is 10.6 Å². The third-order valence-electron chi connectivity index (χ3n) is 5.08. The Hall–Kier alpha value is -2.45. The molecule has 3 atom stereocenters. The minimum atomic E-state index is -1.22. The lowest BCUT2D eigenvalue weighted by Gasteiger charge is -2.48. The lowest BCUT2D eigenvalue weighted by atomic mass is 9.81. The Morgan fingerprint density at radius 2 is 1.97 bits per heavy atom. The third kappa shape index (κ3) is 4.76. The van der Waals surface area contributed by atoms with Gasteiger partial charge in [-0.05, 0) is 62.9 Å². The largest absolute Gasteiger partial charge is 0.388 e. The topological polar surface area (TPSA) is 81.7 Å². The number of nitrogens with one attached hydrogen (secondary N) is 2. The van der Waals surface area contributed by atoms with E-state index in [2.05, 4.69) is 10.6 Å². The van der Waals surface area contributed by atoms with Crippen LogP contribution in [0.3, 0.4) is 0 Å². The van der Waals surface area contributed by atoms with Crippen molar-refractivity contribution in [2.45, 2.75) is 50.9 Å². The molecule has 0 saturated carbocycles. The molecule has 1 fully saturated rings. The van der Waals surface area contributed by atoms with Crippen molar-refractivity contribution >= 4 is 23.3 Å². The molecule has 1 aromatic carbocycles. The molecule has 0 spiro atoms. The van der Waals surface area contributed by atoms with Gasteiger partial charge in [0.2, 0.25) is 0 Å². The zero-order valence-electron chi connectivity index (χ0n) is 16.7. The fraction of sp³-hybridized carbons (Fsp3) is 0.429. The number of aliphatic hydroxyl groups is 1. The lowest BCUT2D eigenvalue weighted by Crippen LogP contribution is -2.64. The molecule has 29 heavy (non-hydrogen) atoms. The monoisotopic (exact) mass is 419 g/mol. The van der Waals surface area contributed by atoms with Gasteiger partial charge >= 0.3 is 6.03 Å². The summed E-state index contributed by atoms with van der Waals surface area (Å²) in [6.07, 6.45) is 0.314. The quantitative estimate of drug-likeness (QED) is 0.711. The van der Waals surface area contributed by atoms with Gasteiger partial charge < -0.3 is 20.6 Å². The molecule has 2 aromatic rings. The number of thiophene rings is 1. The van der Waals surface area contributed by atoms with Gasteiger partial charge in [0.15, 0.2) is 0 Å². The minimum absolute atomic E-state index is 0.0406. The van der Waals surface area contributed by atoms with Crippen LogP contribution in [-0.4, -0.2) is 46.2 Å². The maximum Gasteiger partial charge on any atom is 0.318 e.